The van der Waals surface area contributed by atoms with Gasteiger partial charge in [-0.3, -0.25) is 5.41 Å². The van der Waals surface area contributed by atoms with Crippen LogP contribution >= 0.6 is 15.9 Å². The number of benzene rings is 1. The van der Waals surface area contributed by atoms with Gasteiger partial charge in [-0.15, -0.1) is 0 Å². The number of rotatable bonds is 1. The molecule has 1 aliphatic carbocycles. The van der Waals surface area contributed by atoms with Crippen LogP contribution in [0.3, 0.4) is 0 Å². The van der Waals surface area contributed by atoms with Crippen molar-refractivity contribution in [2.75, 3.05) is 0 Å². The molecule has 0 spiro atoms. The Morgan fingerprint density at radius 2 is 1.81 bits per heavy atom. The van der Waals surface area contributed by atoms with Crippen LogP contribution in [-0.4, -0.2) is 11.7 Å². The van der Waals surface area contributed by atoms with Gasteiger partial charge in [0.1, 0.15) is 6.10 Å². The molecule has 1 aromatic carbocycles. The Balaban J connectivity index is 2.03. The Hall–Kier alpha value is -2.40. The topological polar surface area (TPSA) is 114 Å². The van der Waals surface area contributed by atoms with E-state index in [1.54, 1.807) is 12.1 Å². The number of ether oxygens (including phenoxy) is 2. The number of nitriles is 3. The lowest BCUT2D eigenvalue weighted by Crippen LogP contribution is -2.59. The summed E-state index contributed by atoms with van der Waals surface area (Å²) in [6.07, 6.45) is 2.79. The first-order valence-corrected chi connectivity index (χ1v) is 9.74. The van der Waals surface area contributed by atoms with Crippen molar-refractivity contribution >= 4 is 21.8 Å². The Labute approximate surface area is 165 Å². The average molecular weight is 425 g/mol. The van der Waals surface area contributed by atoms with Gasteiger partial charge in [0.25, 0.3) is 0 Å². The third kappa shape index (κ3) is 2.03. The Bertz CT molecular complexity index is 929. The highest BCUT2D eigenvalue weighted by atomic mass is 79.9. The third-order valence-electron chi connectivity index (χ3n) is 6.25. The molecule has 0 amide bonds. The van der Waals surface area contributed by atoms with Crippen molar-refractivity contribution in [2.24, 2.45) is 16.7 Å². The molecular formula is C20H17BrN4O2. The highest BCUT2D eigenvalue weighted by molar-refractivity contribution is 9.10. The van der Waals surface area contributed by atoms with Crippen LogP contribution in [0.4, 0.5) is 0 Å². The van der Waals surface area contributed by atoms with Gasteiger partial charge < -0.3 is 9.47 Å². The molecule has 2 heterocycles. The van der Waals surface area contributed by atoms with Crippen molar-refractivity contribution in [2.45, 2.75) is 44.0 Å². The van der Waals surface area contributed by atoms with E-state index in [9.17, 15) is 15.8 Å². The number of hydrogen-bond acceptors (Lipinski definition) is 6. The van der Waals surface area contributed by atoms with E-state index in [1.807, 2.05) is 12.1 Å². The van der Waals surface area contributed by atoms with Gasteiger partial charge in [0, 0.05) is 10.9 Å². The quantitative estimate of drug-likeness (QED) is 0.719. The highest BCUT2D eigenvalue weighted by Gasteiger charge is 2.80. The molecule has 1 N–H and O–H groups in total. The zero-order valence-electron chi connectivity index (χ0n) is 14.5. The minimum absolute atomic E-state index is 0.311. The molecular weight excluding hydrogens is 408 g/mol. The second-order valence-corrected chi connectivity index (χ2v) is 8.22. The van der Waals surface area contributed by atoms with Crippen LogP contribution in [0.1, 0.15) is 43.8 Å². The number of halogens is 1. The molecule has 4 rings (SSSR count). The maximum Gasteiger partial charge on any atom is 0.217 e. The summed E-state index contributed by atoms with van der Waals surface area (Å²) in [4.78, 5) is 0. The predicted octanol–water partition coefficient (Wildman–Crippen LogP) is 4.35. The molecule has 136 valence electrons. The first-order chi connectivity index (χ1) is 13.0. The molecule has 6 nitrogen and oxygen atoms in total. The standard InChI is InChI=1S/C20H17BrN4O2/c21-14-7-4-3-6-13(14)16-18(10-22,11-23)19(12-24)15-8-2-1-5-9-20(15,26-16)27-17(19)25/h3-4,6-7,15-16,25H,1-2,5,8-9H2. The van der Waals surface area contributed by atoms with E-state index in [0.717, 1.165) is 19.3 Å². The summed E-state index contributed by atoms with van der Waals surface area (Å²) in [6, 6.07) is 13.6. The van der Waals surface area contributed by atoms with E-state index in [2.05, 4.69) is 34.1 Å². The van der Waals surface area contributed by atoms with Crippen molar-refractivity contribution in [3.63, 3.8) is 0 Å². The predicted molar refractivity (Wildman–Crippen MR) is 97.8 cm³/mol. The first-order valence-electron chi connectivity index (χ1n) is 8.95. The summed E-state index contributed by atoms with van der Waals surface area (Å²) in [7, 11) is 0. The van der Waals surface area contributed by atoms with E-state index < -0.39 is 28.6 Å². The molecule has 0 radical (unpaired) electrons. The van der Waals surface area contributed by atoms with E-state index in [0.29, 0.717) is 22.9 Å². The number of nitrogens with one attached hydrogen (secondary N) is 1. The Morgan fingerprint density at radius 3 is 2.48 bits per heavy atom. The molecule has 1 aromatic rings. The van der Waals surface area contributed by atoms with Gasteiger partial charge >= 0.3 is 0 Å². The summed E-state index contributed by atoms with van der Waals surface area (Å²) in [5.74, 6) is -1.96. The summed E-state index contributed by atoms with van der Waals surface area (Å²) >= 11 is 3.48. The third-order valence-corrected chi connectivity index (χ3v) is 6.98. The van der Waals surface area contributed by atoms with Crippen LogP contribution in [0.2, 0.25) is 0 Å². The lowest BCUT2D eigenvalue weighted by Gasteiger charge is -2.49. The lowest BCUT2D eigenvalue weighted by atomic mass is 9.52. The largest absolute Gasteiger partial charge is 0.447 e. The summed E-state index contributed by atoms with van der Waals surface area (Å²) in [5, 5.41) is 39.1. The molecule has 0 aromatic heterocycles. The van der Waals surface area contributed by atoms with Crippen molar-refractivity contribution in [3.05, 3.63) is 34.3 Å². The second kappa shape index (κ2) is 6.06. The smallest absolute Gasteiger partial charge is 0.217 e. The second-order valence-electron chi connectivity index (χ2n) is 7.37. The molecule has 2 bridgehead atoms. The molecule has 3 aliphatic rings. The monoisotopic (exact) mass is 424 g/mol. The highest BCUT2D eigenvalue weighted by Crippen LogP contribution is 2.69. The molecule has 3 fully saturated rings. The zero-order valence-corrected chi connectivity index (χ0v) is 16.1. The maximum atomic E-state index is 10.3. The van der Waals surface area contributed by atoms with Gasteiger partial charge in [0.05, 0.1) is 24.1 Å². The molecule has 1 saturated carbocycles. The minimum atomic E-state index is -1.88. The fourth-order valence-corrected chi connectivity index (χ4v) is 5.50. The molecule has 2 saturated heterocycles. The maximum absolute atomic E-state index is 10.3. The fourth-order valence-electron chi connectivity index (χ4n) is 5.00. The summed E-state index contributed by atoms with van der Waals surface area (Å²) < 4.78 is 13.0. The van der Waals surface area contributed by atoms with Gasteiger partial charge in [-0.05, 0) is 24.5 Å². The van der Waals surface area contributed by atoms with Gasteiger partial charge in [-0.2, -0.15) is 15.8 Å². The van der Waals surface area contributed by atoms with E-state index >= 15 is 0 Å². The molecule has 2 aliphatic heterocycles. The SMILES string of the molecule is N#CC1(C#N)C(c2ccccc2Br)OC23CCCCCC2C1(C#N)C(=N)O3. The molecule has 27 heavy (non-hydrogen) atoms. The van der Waals surface area contributed by atoms with Crippen molar-refractivity contribution in [1.29, 1.82) is 21.2 Å². The molecule has 4 atom stereocenters. The normalized spacial score (nSPS) is 36.3. The lowest BCUT2D eigenvalue weighted by molar-refractivity contribution is -0.285. The van der Waals surface area contributed by atoms with Gasteiger partial charge in [-0.1, -0.05) is 47.0 Å². The van der Waals surface area contributed by atoms with Crippen LogP contribution in [0.15, 0.2) is 28.7 Å². The van der Waals surface area contributed by atoms with Gasteiger partial charge in [0.2, 0.25) is 17.1 Å². The van der Waals surface area contributed by atoms with Crippen LogP contribution in [-0.2, 0) is 9.47 Å². The Morgan fingerprint density at radius 1 is 1.07 bits per heavy atom. The van der Waals surface area contributed by atoms with Crippen molar-refractivity contribution in [1.82, 2.24) is 0 Å². The van der Waals surface area contributed by atoms with E-state index in [4.69, 9.17) is 14.9 Å². The fraction of sp³-hybridized carbons (Fsp3) is 0.500. The van der Waals surface area contributed by atoms with Crippen molar-refractivity contribution < 1.29 is 9.47 Å². The average Bonchev–Trinajstić information content (AvgIpc) is 2.81. The van der Waals surface area contributed by atoms with E-state index in [-0.39, 0.29) is 5.90 Å². The van der Waals surface area contributed by atoms with E-state index in [1.165, 1.54) is 0 Å². The summed E-state index contributed by atoms with van der Waals surface area (Å²) in [6.45, 7) is 0. The molecule has 7 heteroatoms. The molecule has 4 unspecified atom stereocenters. The van der Waals surface area contributed by atoms with Crippen LogP contribution < -0.4 is 0 Å². The van der Waals surface area contributed by atoms with Gasteiger partial charge in [0.15, 0.2) is 5.41 Å². The number of nitrogens with zero attached hydrogens (tertiary/aromatic N) is 3. The first kappa shape index (κ1) is 18.0. The minimum Gasteiger partial charge on any atom is -0.447 e. The summed E-state index contributed by atoms with van der Waals surface area (Å²) in [5.41, 5.74) is -2.92. The number of hydrogen-bond donors (Lipinski definition) is 1. The van der Waals surface area contributed by atoms with Gasteiger partial charge in [-0.25, -0.2) is 0 Å². The van der Waals surface area contributed by atoms with Crippen LogP contribution in [0.5, 0.6) is 0 Å². The zero-order chi connectivity index (χ0) is 19.3. The van der Waals surface area contributed by atoms with Crippen LogP contribution in [0, 0.1) is 56.2 Å². The van der Waals surface area contributed by atoms with Crippen molar-refractivity contribution in [3.8, 4) is 18.2 Å². The van der Waals surface area contributed by atoms with Crippen LogP contribution in [0.25, 0.3) is 0 Å². The Kier molecular flexibility index (Phi) is 4.04.